The van der Waals surface area contributed by atoms with Gasteiger partial charge in [-0.3, -0.25) is 0 Å². The molecule has 1 rings (SSSR count). The minimum Gasteiger partial charge on any atom is -0.496 e. The van der Waals surface area contributed by atoms with Crippen molar-refractivity contribution in [3.63, 3.8) is 0 Å². The number of hydrogen-bond acceptors (Lipinski definition) is 3. The van der Waals surface area contributed by atoms with Crippen LogP contribution in [0.25, 0.3) is 0 Å². The summed E-state index contributed by atoms with van der Waals surface area (Å²) in [6, 6.07) is 3.87. The minimum absolute atomic E-state index is 0.121. The van der Waals surface area contributed by atoms with Crippen LogP contribution < -0.4 is 4.74 Å². The summed E-state index contributed by atoms with van der Waals surface area (Å²) in [7, 11) is 3.30. The van der Waals surface area contributed by atoms with Crippen molar-refractivity contribution in [2.24, 2.45) is 0 Å². The van der Waals surface area contributed by atoms with E-state index in [4.69, 9.17) is 15.4 Å². The Hall–Kier alpha value is -0.740. The molecule has 0 saturated heterocycles. The van der Waals surface area contributed by atoms with Gasteiger partial charge in [0.15, 0.2) is 0 Å². The Balaban J connectivity index is 3.50. The summed E-state index contributed by atoms with van der Waals surface area (Å²) in [5.74, 6) is 0.403. The van der Waals surface area contributed by atoms with Crippen molar-refractivity contribution in [3.8, 4) is 5.75 Å². The molecule has 18 heavy (non-hydrogen) atoms. The molecule has 1 aromatic carbocycles. The molecule has 0 unspecified atom stereocenters. The SMILES string of the molecule is COc1c(C(C)(C)C)ccc(C)c1CS(=O)(=O)Cl. The lowest BCUT2D eigenvalue weighted by Gasteiger charge is -2.24. The third-order valence-electron chi connectivity index (χ3n) is 2.82. The lowest BCUT2D eigenvalue weighted by molar-refractivity contribution is 0.393. The van der Waals surface area contributed by atoms with E-state index in [2.05, 4.69) is 20.8 Å². The first kappa shape index (κ1) is 15.3. The Bertz CT molecular complexity index is 542. The molecule has 0 saturated carbocycles. The van der Waals surface area contributed by atoms with E-state index in [1.54, 1.807) is 7.11 Å². The first-order valence-corrected chi connectivity index (χ1v) is 8.13. The predicted octanol–water partition coefficient (Wildman–Crippen LogP) is 3.37. The number of ether oxygens (including phenoxy) is 1. The Morgan fingerprint density at radius 1 is 1.28 bits per heavy atom. The molecule has 0 aliphatic rings. The molecule has 102 valence electrons. The average molecular weight is 291 g/mol. The molecule has 0 aromatic heterocycles. The monoisotopic (exact) mass is 290 g/mol. The van der Waals surface area contributed by atoms with Crippen LogP contribution in [0, 0.1) is 6.92 Å². The van der Waals surface area contributed by atoms with Crippen molar-refractivity contribution in [2.75, 3.05) is 7.11 Å². The van der Waals surface area contributed by atoms with Gasteiger partial charge in [-0.25, -0.2) is 8.42 Å². The number of rotatable bonds is 3. The standard InChI is InChI=1S/C13H19ClO3S/c1-9-6-7-11(13(2,3)4)12(17-5)10(9)8-18(14,15)16/h6-7H,8H2,1-5H3. The molecule has 0 N–H and O–H groups in total. The van der Waals surface area contributed by atoms with Crippen LogP contribution in [0.2, 0.25) is 0 Å². The van der Waals surface area contributed by atoms with Gasteiger partial charge >= 0.3 is 0 Å². The molecule has 0 aliphatic carbocycles. The topological polar surface area (TPSA) is 43.4 Å². The van der Waals surface area contributed by atoms with Crippen LogP contribution in [0.5, 0.6) is 5.75 Å². The molecule has 0 atom stereocenters. The molecular weight excluding hydrogens is 272 g/mol. The van der Waals surface area contributed by atoms with E-state index >= 15 is 0 Å². The van der Waals surface area contributed by atoms with Crippen molar-refractivity contribution in [2.45, 2.75) is 38.9 Å². The van der Waals surface area contributed by atoms with Gasteiger partial charge in [0.1, 0.15) is 5.75 Å². The molecule has 0 radical (unpaired) electrons. The van der Waals surface area contributed by atoms with E-state index in [0.29, 0.717) is 11.3 Å². The fraction of sp³-hybridized carbons (Fsp3) is 0.538. The third kappa shape index (κ3) is 3.62. The summed E-state index contributed by atoms with van der Waals surface area (Å²) in [6.45, 7) is 8.02. The number of hydrogen-bond donors (Lipinski definition) is 0. The molecule has 5 heteroatoms. The molecule has 0 fully saturated rings. The number of aryl methyl sites for hydroxylation is 1. The maximum atomic E-state index is 11.3. The zero-order chi connectivity index (χ0) is 14.1. The molecular formula is C13H19ClO3S. The first-order chi connectivity index (χ1) is 8.06. The second-order valence-corrected chi connectivity index (χ2v) is 8.15. The van der Waals surface area contributed by atoms with E-state index in [9.17, 15) is 8.42 Å². The van der Waals surface area contributed by atoms with Crippen LogP contribution in [0.1, 0.15) is 37.5 Å². The Labute approximate surface area is 114 Å². The molecule has 0 bridgehead atoms. The summed E-state index contributed by atoms with van der Waals surface area (Å²) < 4.78 is 28.0. The number of halogens is 1. The quantitative estimate of drug-likeness (QED) is 0.802. The Morgan fingerprint density at radius 2 is 1.83 bits per heavy atom. The zero-order valence-corrected chi connectivity index (χ0v) is 12.9. The van der Waals surface area contributed by atoms with Gasteiger partial charge in [-0.15, -0.1) is 0 Å². The minimum atomic E-state index is -3.60. The third-order valence-corrected chi connectivity index (χ3v) is 3.78. The largest absolute Gasteiger partial charge is 0.496 e. The van der Waals surface area contributed by atoms with Gasteiger partial charge in [0.25, 0.3) is 0 Å². The van der Waals surface area contributed by atoms with E-state index in [-0.39, 0.29) is 11.2 Å². The van der Waals surface area contributed by atoms with Gasteiger partial charge in [-0.2, -0.15) is 0 Å². The first-order valence-electron chi connectivity index (χ1n) is 5.65. The van der Waals surface area contributed by atoms with Gasteiger partial charge in [-0.05, 0) is 23.5 Å². The molecule has 0 aliphatic heterocycles. The zero-order valence-electron chi connectivity index (χ0n) is 11.4. The summed E-state index contributed by atoms with van der Waals surface area (Å²) in [4.78, 5) is 0. The smallest absolute Gasteiger partial charge is 0.236 e. The maximum Gasteiger partial charge on any atom is 0.236 e. The van der Waals surface area contributed by atoms with Crippen LogP contribution >= 0.6 is 10.7 Å². The molecule has 0 spiro atoms. The second-order valence-electron chi connectivity index (χ2n) is 5.38. The van der Waals surface area contributed by atoms with Crippen LogP contribution in [-0.2, 0) is 20.2 Å². The lowest BCUT2D eigenvalue weighted by atomic mass is 9.84. The highest BCUT2D eigenvalue weighted by Crippen LogP contribution is 2.36. The van der Waals surface area contributed by atoms with E-state index in [0.717, 1.165) is 11.1 Å². The van der Waals surface area contributed by atoms with Gasteiger partial charge in [-0.1, -0.05) is 32.9 Å². The molecule has 0 amide bonds. The van der Waals surface area contributed by atoms with Gasteiger partial charge in [0.05, 0.1) is 12.9 Å². The fourth-order valence-corrected chi connectivity index (χ4v) is 2.93. The fourth-order valence-electron chi connectivity index (χ4n) is 1.90. The van der Waals surface area contributed by atoms with Crippen LogP contribution in [0.3, 0.4) is 0 Å². The van der Waals surface area contributed by atoms with Gasteiger partial charge < -0.3 is 4.74 Å². The summed E-state index contributed by atoms with van der Waals surface area (Å²) in [5, 5.41) is 0. The average Bonchev–Trinajstić information content (AvgIpc) is 2.17. The Kier molecular flexibility index (Phi) is 4.34. The highest BCUT2D eigenvalue weighted by atomic mass is 35.7. The van der Waals surface area contributed by atoms with Crippen molar-refractivity contribution in [3.05, 3.63) is 28.8 Å². The highest BCUT2D eigenvalue weighted by Gasteiger charge is 2.24. The van der Waals surface area contributed by atoms with Crippen molar-refractivity contribution < 1.29 is 13.2 Å². The van der Waals surface area contributed by atoms with E-state index in [1.807, 2.05) is 19.1 Å². The summed E-state index contributed by atoms with van der Waals surface area (Å²) in [5.41, 5.74) is 2.36. The molecule has 1 aromatic rings. The van der Waals surface area contributed by atoms with Crippen LogP contribution in [-0.4, -0.2) is 15.5 Å². The lowest BCUT2D eigenvalue weighted by Crippen LogP contribution is -2.15. The van der Waals surface area contributed by atoms with Gasteiger partial charge in [0.2, 0.25) is 9.05 Å². The van der Waals surface area contributed by atoms with Crippen LogP contribution in [0.4, 0.5) is 0 Å². The predicted molar refractivity (Wildman–Crippen MR) is 74.9 cm³/mol. The van der Waals surface area contributed by atoms with Crippen molar-refractivity contribution in [1.29, 1.82) is 0 Å². The maximum absolute atomic E-state index is 11.3. The Morgan fingerprint density at radius 3 is 2.22 bits per heavy atom. The highest BCUT2D eigenvalue weighted by molar-refractivity contribution is 8.13. The molecule has 3 nitrogen and oxygen atoms in total. The van der Waals surface area contributed by atoms with E-state index < -0.39 is 9.05 Å². The summed E-state index contributed by atoms with van der Waals surface area (Å²) in [6.07, 6.45) is 0. The summed E-state index contributed by atoms with van der Waals surface area (Å²) >= 11 is 0. The van der Waals surface area contributed by atoms with Crippen molar-refractivity contribution >= 4 is 19.7 Å². The number of benzene rings is 1. The second kappa shape index (κ2) is 5.10. The number of methoxy groups -OCH3 is 1. The normalized spacial score (nSPS) is 12.6. The van der Waals surface area contributed by atoms with Gasteiger partial charge in [0, 0.05) is 16.2 Å². The van der Waals surface area contributed by atoms with E-state index in [1.165, 1.54) is 0 Å². The van der Waals surface area contributed by atoms with Crippen molar-refractivity contribution in [1.82, 2.24) is 0 Å². The van der Waals surface area contributed by atoms with Crippen LogP contribution in [0.15, 0.2) is 12.1 Å². The molecule has 0 heterocycles.